The molecule has 1 aliphatic heterocycles. The van der Waals surface area contributed by atoms with Gasteiger partial charge in [-0.3, -0.25) is 0 Å². The summed E-state index contributed by atoms with van der Waals surface area (Å²) in [6.45, 7) is 1.97. The molecule has 1 aromatic heterocycles. The molecule has 3 aromatic rings. The van der Waals surface area contributed by atoms with Crippen LogP contribution >= 0.6 is 0 Å². The number of nitrogens with zero attached hydrogens (tertiary/aromatic N) is 5. The van der Waals surface area contributed by atoms with Crippen LogP contribution < -0.4 is 4.74 Å². The van der Waals surface area contributed by atoms with Crippen LogP contribution in [0.4, 0.5) is 17.6 Å². The van der Waals surface area contributed by atoms with Crippen molar-refractivity contribution in [2.45, 2.75) is 48.8 Å². The van der Waals surface area contributed by atoms with Crippen molar-refractivity contribution in [3.63, 3.8) is 0 Å². The normalized spacial score (nSPS) is 28.3. The Bertz CT molecular complexity index is 1320. The summed E-state index contributed by atoms with van der Waals surface area (Å²) in [6, 6.07) is 9.63. The zero-order valence-corrected chi connectivity index (χ0v) is 21.4. The number of rotatable bonds is 9. The van der Waals surface area contributed by atoms with Crippen LogP contribution in [0.25, 0.3) is 0 Å². The van der Waals surface area contributed by atoms with E-state index < -0.39 is 46.1 Å². The molecule has 0 radical (unpaired) electrons. The van der Waals surface area contributed by atoms with Gasteiger partial charge in [-0.2, -0.15) is 0 Å². The lowest BCUT2D eigenvalue weighted by atomic mass is 9.30. The zero-order chi connectivity index (χ0) is 27.5. The van der Waals surface area contributed by atoms with Crippen LogP contribution in [0.5, 0.6) is 5.75 Å². The first kappa shape index (κ1) is 26.1. The maximum atomic E-state index is 16.3. The fourth-order valence-electron chi connectivity index (χ4n) is 6.59. The number of alkyl halides is 2. The second-order valence-corrected chi connectivity index (χ2v) is 11.2. The first-order valence-corrected chi connectivity index (χ1v) is 12.9. The molecule has 1 N–H and O–H groups in total. The smallest absolute Gasteiger partial charge is 0.287 e. The van der Waals surface area contributed by atoms with Gasteiger partial charge >= 0.3 is 0 Å². The van der Waals surface area contributed by atoms with Crippen molar-refractivity contribution >= 4 is 0 Å². The van der Waals surface area contributed by atoms with Gasteiger partial charge in [0, 0.05) is 30.1 Å². The summed E-state index contributed by atoms with van der Waals surface area (Å²) in [7, 11) is 2.03. The number of halogens is 4. The van der Waals surface area contributed by atoms with Crippen LogP contribution in [0, 0.1) is 17.0 Å². The van der Waals surface area contributed by atoms with Gasteiger partial charge in [0.1, 0.15) is 36.4 Å². The Morgan fingerprint density at radius 3 is 2.51 bits per heavy atom. The van der Waals surface area contributed by atoms with E-state index in [2.05, 4.69) is 20.4 Å². The van der Waals surface area contributed by atoms with Crippen LogP contribution in [0.2, 0.25) is 0 Å². The predicted octanol–water partition coefficient (Wildman–Crippen LogP) is 3.31. The Hall–Kier alpha value is -3.09. The Balaban J connectivity index is 1.18. The van der Waals surface area contributed by atoms with Crippen molar-refractivity contribution in [1.82, 2.24) is 25.1 Å². The first-order chi connectivity index (χ1) is 18.6. The van der Waals surface area contributed by atoms with Crippen LogP contribution in [-0.4, -0.2) is 75.6 Å². The molecule has 12 heteroatoms. The van der Waals surface area contributed by atoms with E-state index in [9.17, 15) is 13.9 Å². The van der Waals surface area contributed by atoms with E-state index >= 15 is 8.78 Å². The van der Waals surface area contributed by atoms with Crippen LogP contribution in [0.15, 0.2) is 48.8 Å². The largest absolute Gasteiger partial charge is 0.491 e. The van der Waals surface area contributed by atoms with Crippen molar-refractivity contribution in [2.75, 3.05) is 33.4 Å². The summed E-state index contributed by atoms with van der Waals surface area (Å²) in [5, 5.41) is 21.9. The van der Waals surface area contributed by atoms with E-state index in [0.29, 0.717) is 25.0 Å². The number of benzene rings is 2. The van der Waals surface area contributed by atoms with Crippen molar-refractivity contribution in [1.29, 1.82) is 0 Å². The summed E-state index contributed by atoms with van der Waals surface area (Å²) in [5.41, 5.74) is -4.78. The van der Waals surface area contributed by atoms with E-state index in [1.54, 1.807) is 0 Å². The minimum Gasteiger partial charge on any atom is -0.491 e. The third-order valence-electron chi connectivity index (χ3n) is 8.62. The average Bonchev–Trinajstić information content (AvgIpc) is 3.34. The molecule has 7 rings (SSSR count). The van der Waals surface area contributed by atoms with Crippen molar-refractivity contribution in [3.8, 4) is 5.75 Å². The van der Waals surface area contributed by atoms with Crippen LogP contribution in [-0.2, 0) is 22.3 Å². The van der Waals surface area contributed by atoms with Gasteiger partial charge in [-0.25, -0.2) is 22.2 Å². The molecule has 0 spiro atoms. The second kappa shape index (κ2) is 9.24. The van der Waals surface area contributed by atoms with Gasteiger partial charge in [0.2, 0.25) is 0 Å². The van der Waals surface area contributed by atoms with Crippen molar-refractivity contribution < 1.29 is 32.1 Å². The number of aromatic nitrogens is 4. The average molecular weight is 548 g/mol. The van der Waals surface area contributed by atoms with Crippen LogP contribution in [0.1, 0.15) is 30.4 Å². The summed E-state index contributed by atoms with van der Waals surface area (Å²) >= 11 is 0. The highest BCUT2D eigenvalue weighted by Gasteiger charge is 2.82. The first-order valence-electron chi connectivity index (χ1n) is 12.9. The third kappa shape index (κ3) is 4.20. The fourth-order valence-corrected chi connectivity index (χ4v) is 6.59. The number of ether oxygens (including phenoxy) is 2. The summed E-state index contributed by atoms with van der Waals surface area (Å²) in [5.74, 6) is -5.28. The van der Waals surface area contributed by atoms with Gasteiger partial charge in [-0.15, -0.1) is 5.10 Å². The van der Waals surface area contributed by atoms with E-state index in [0.717, 1.165) is 41.8 Å². The molecule has 4 aliphatic rings. The number of tetrazole rings is 1. The highest BCUT2D eigenvalue weighted by molar-refractivity contribution is 5.44. The Morgan fingerprint density at radius 1 is 1.13 bits per heavy atom. The zero-order valence-electron chi connectivity index (χ0n) is 21.4. The molecule has 0 amide bonds. The summed E-state index contributed by atoms with van der Waals surface area (Å²) in [6.07, 6.45) is 1.41. The highest BCUT2D eigenvalue weighted by Crippen LogP contribution is 2.80. The maximum absolute atomic E-state index is 16.3. The molecule has 4 fully saturated rings. The summed E-state index contributed by atoms with van der Waals surface area (Å²) < 4.78 is 73.5. The Kier molecular flexibility index (Phi) is 6.20. The summed E-state index contributed by atoms with van der Waals surface area (Å²) in [4.78, 5) is 2.18. The van der Waals surface area contributed by atoms with Gasteiger partial charge in [0.25, 0.3) is 5.92 Å². The Morgan fingerprint density at radius 2 is 1.87 bits per heavy atom. The monoisotopic (exact) mass is 547 g/mol. The molecule has 2 bridgehead atoms. The number of aliphatic hydroxyl groups is 1. The molecule has 3 saturated carbocycles. The van der Waals surface area contributed by atoms with Crippen LogP contribution in [0.3, 0.4) is 0 Å². The standard InChI is InChI=1S/C27H29F4N5O3/c1-35-8-9-38-21(11-35)12-39-20-5-2-18(3-6-20)24-13-25(14-24,15-24)27(30,31)26(37,16-36-17-32-33-34-36)22-7-4-19(28)10-23(22)29/h2-7,10,17,21,37H,8-9,11-16H2,1H3/t21-,24?,25?,26+/m1/s1. The third-order valence-corrected chi connectivity index (χ3v) is 8.62. The second-order valence-electron chi connectivity index (χ2n) is 11.2. The molecule has 39 heavy (non-hydrogen) atoms. The van der Waals surface area contributed by atoms with Crippen molar-refractivity contribution in [3.05, 3.63) is 71.6 Å². The van der Waals surface area contributed by atoms with E-state index in [1.165, 1.54) is 0 Å². The van der Waals surface area contributed by atoms with E-state index in [4.69, 9.17) is 9.47 Å². The molecular formula is C27H29F4N5O3. The number of likely N-dealkylation sites (N-methyl/N-ethyl adjacent to an activating group) is 1. The lowest BCUT2D eigenvalue weighted by molar-refractivity contribution is -0.347. The number of morpholine rings is 1. The highest BCUT2D eigenvalue weighted by atomic mass is 19.3. The molecular weight excluding hydrogens is 518 g/mol. The quantitative estimate of drug-likeness (QED) is 0.412. The van der Waals surface area contributed by atoms with Gasteiger partial charge < -0.3 is 19.5 Å². The molecule has 208 valence electrons. The lowest BCUT2D eigenvalue weighted by Crippen LogP contribution is -2.76. The van der Waals surface area contributed by atoms with E-state index in [1.807, 2.05) is 31.3 Å². The maximum Gasteiger partial charge on any atom is 0.287 e. The fraction of sp³-hybridized carbons (Fsp3) is 0.519. The molecule has 2 heterocycles. The lowest BCUT2D eigenvalue weighted by Gasteiger charge is -2.74. The molecule has 8 nitrogen and oxygen atoms in total. The SMILES string of the molecule is CN1CCO[C@@H](COc2ccc(C34CC(C(F)(F)[C@](O)(Cn5cnnn5)c5ccc(F)cc5F)(C3)C4)cc2)C1. The minimum absolute atomic E-state index is 0.0128. The van der Waals surface area contributed by atoms with Gasteiger partial charge in [-0.1, -0.05) is 12.1 Å². The molecule has 0 unspecified atom stereocenters. The molecule has 1 saturated heterocycles. The molecule has 2 aromatic carbocycles. The van der Waals surface area contributed by atoms with Gasteiger partial charge in [-0.05, 0) is 72.0 Å². The van der Waals surface area contributed by atoms with Gasteiger partial charge in [0.05, 0.1) is 13.2 Å². The van der Waals surface area contributed by atoms with Gasteiger partial charge in [0.15, 0.2) is 5.60 Å². The predicted molar refractivity (Wildman–Crippen MR) is 130 cm³/mol. The van der Waals surface area contributed by atoms with E-state index in [-0.39, 0.29) is 25.4 Å². The Labute approximate surface area is 222 Å². The minimum atomic E-state index is -3.76. The van der Waals surface area contributed by atoms with Crippen molar-refractivity contribution in [2.24, 2.45) is 5.41 Å². The number of hydrogen-bond donors (Lipinski definition) is 1. The molecule has 3 aliphatic carbocycles. The number of hydrogen-bond acceptors (Lipinski definition) is 7. The topological polar surface area (TPSA) is 85.5 Å². The molecule has 2 atom stereocenters.